The lowest BCUT2D eigenvalue weighted by molar-refractivity contribution is -0.144. The van der Waals surface area contributed by atoms with Crippen LogP contribution in [0.15, 0.2) is 18.2 Å². The van der Waals surface area contributed by atoms with Crippen LogP contribution in [0.1, 0.15) is 31.2 Å². The maximum atomic E-state index is 11.7. The molecule has 8 heteroatoms. The van der Waals surface area contributed by atoms with Gasteiger partial charge in [-0.15, -0.1) is 0 Å². The Hall–Kier alpha value is -1.50. The highest BCUT2D eigenvalue weighted by Gasteiger charge is 2.32. The molecule has 1 heterocycles. The summed E-state index contributed by atoms with van der Waals surface area (Å²) >= 11 is 12.1. The second kappa shape index (κ2) is 9.27. The molecule has 0 saturated carbocycles. The number of rotatable bonds is 5. The Bertz CT molecular complexity index is 625. The number of nitrogens with zero attached hydrogens (tertiary/aromatic N) is 1. The molecule has 1 aromatic rings. The van der Waals surface area contributed by atoms with Crippen molar-refractivity contribution in [1.82, 2.24) is 4.90 Å². The van der Waals surface area contributed by atoms with Gasteiger partial charge in [-0.3, -0.25) is 4.79 Å². The van der Waals surface area contributed by atoms with Crippen LogP contribution in [-0.4, -0.2) is 54.5 Å². The third-order valence-electron chi connectivity index (χ3n) is 4.14. The van der Waals surface area contributed by atoms with Crippen LogP contribution in [0.5, 0.6) is 0 Å². The molecule has 25 heavy (non-hydrogen) atoms. The van der Waals surface area contributed by atoms with Crippen molar-refractivity contribution in [2.45, 2.75) is 31.8 Å². The predicted molar refractivity (Wildman–Crippen MR) is 94.4 cm³/mol. The summed E-state index contributed by atoms with van der Waals surface area (Å²) in [6.07, 6.45) is -0.661. The molecule has 1 aromatic carbocycles. The van der Waals surface area contributed by atoms with E-state index in [9.17, 15) is 14.7 Å². The smallest absolute Gasteiger partial charge is 0.407 e. The van der Waals surface area contributed by atoms with Crippen LogP contribution in [0, 0.1) is 0 Å². The highest BCUT2D eigenvalue weighted by atomic mass is 35.5. The van der Waals surface area contributed by atoms with Crippen molar-refractivity contribution >= 4 is 35.3 Å². The average molecular weight is 390 g/mol. The van der Waals surface area contributed by atoms with Gasteiger partial charge in [-0.25, -0.2) is 4.79 Å². The van der Waals surface area contributed by atoms with E-state index in [-0.39, 0.29) is 44.1 Å². The lowest BCUT2D eigenvalue weighted by Gasteiger charge is -2.27. The van der Waals surface area contributed by atoms with Crippen LogP contribution in [-0.2, 0) is 14.3 Å². The minimum atomic E-state index is -1.00. The molecule has 2 atom stereocenters. The van der Waals surface area contributed by atoms with E-state index in [1.165, 1.54) is 4.90 Å². The van der Waals surface area contributed by atoms with E-state index in [1.54, 1.807) is 19.1 Å². The maximum Gasteiger partial charge on any atom is 0.407 e. The summed E-state index contributed by atoms with van der Waals surface area (Å²) in [6, 6.07) is 5.21. The Labute approximate surface area is 156 Å². The Morgan fingerprint density at radius 2 is 2.12 bits per heavy atom. The van der Waals surface area contributed by atoms with Crippen molar-refractivity contribution in [2.24, 2.45) is 0 Å². The molecule has 2 unspecified atom stereocenters. The van der Waals surface area contributed by atoms with E-state index in [0.717, 1.165) is 5.56 Å². The summed E-state index contributed by atoms with van der Waals surface area (Å²) in [5.74, 6) is -0.541. The molecule has 0 radical (unpaired) electrons. The fourth-order valence-electron chi connectivity index (χ4n) is 2.89. The molecule has 1 saturated heterocycles. The number of benzene rings is 1. The molecule has 0 aromatic heterocycles. The molecule has 1 aliphatic heterocycles. The molecule has 0 spiro atoms. The van der Waals surface area contributed by atoms with Crippen LogP contribution in [0.4, 0.5) is 4.79 Å². The average Bonchev–Trinajstić information content (AvgIpc) is 2.78. The largest absolute Gasteiger partial charge is 0.466 e. The van der Waals surface area contributed by atoms with Gasteiger partial charge in [0.15, 0.2) is 0 Å². The van der Waals surface area contributed by atoms with Gasteiger partial charge in [0.1, 0.15) is 0 Å². The minimum absolute atomic E-state index is 0.212. The second-order valence-electron chi connectivity index (χ2n) is 5.76. The van der Waals surface area contributed by atoms with Crippen molar-refractivity contribution < 1.29 is 24.2 Å². The minimum Gasteiger partial charge on any atom is -0.466 e. The lowest BCUT2D eigenvalue weighted by Crippen LogP contribution is -2.35. The van der Waals surface area contributed by atoms with Crippen molar-refractivity contribution in [1.29, 1.82) is 0 Å². The van der Waals surface area contributed by atoms with Crippen LogP contribution in [0.3, 0.4) is 0 Å². The highest BCUT2D eigenvalue weighted by molar-refractivity contribution is 6.42. The van der Waals surface area contributed by atoms with Gasteiger partial charge in [0.2, 0.25) is 0 Å². The molecule has 6 nitrogen and oxygen atoms in total. The van der Waals surface area contributed by atoms with Crippen molar-refractivity contribution in [3.8, 4) is 0 Å². The molecular weight excluding hydrogens is 369 g/mol. The fourth-order valence-corrected chi connectivity index (χ4v) is 3.20. The number of ether oxygens (including phenoxy) is 2. The van der Waals surface area contributed by atoms with Gasteiger partial charge in [-0.1, -0.05) is 29.3 Å². The first kappa shape index (κ1) is 19.8. The number of halogens is 2. The monoisotopic (exact) mass is 389 g/mol. The van der Waals surface area contributed by atoms with Gasteiger partial charge in [0.25, 0.3) is 0 Å². The number of hydrogen-bond acceptors (Lipinski definition) is 4. The van der Waals surface area contributed by atoms with E-state index < -0.39 is 6.09 Å². The van der Waals surface area contributed by atoms with E-state index >= 15 is 0 Å². The van der Waals surface area contributed by atoms with Gasteiger partial charge in [0, 0.05) is 25.4 Å². The van der Waals surface area contributed by atoms with Crippen LogP contribution in [0.2, 0.25) is 10.0 Å². The van der Waals surface area contributed by atoms with Gasteiger partial charge in [0.05, 0.1) is 29.4 Å². The molecule has 138 valence electrons. The molecular formula is C17H21Cl2NO5. The summed E-state index contributed by atoms with van der Waals surface area (Å²) in [5, 5.41) is 10.2. The van der Waals surface area contributed by atoms with Crippen LogP contribution >= 0.6 is 23.2 Å². The number of carbonyl (C=O) groups is 2. The van der Waals surface area contributed by atoms with E-state index in [4.69, 9.17) is 32.7 Å². The quantitative estimate of drug-likeness (QED) is 0.774. The van der Waals surface area contributed by atoms with Gasteiger partial charge >= 0.3 is 12.1 Å². The summed E-state index contributed by atoms with van der Waals surface area (Å²) in [6.45, 7) is 2.90. The first-order valence-electron chi connectivity index (χ1n) is 8.12. The standard InChI is InChI=1S/C17H21Cl2NO5/c1-2-24-16(21)6-5-15-12(10-20(17(22)23)7-8-25-15)11-3-4-13(18)14(19)9-11/h3-4,9,12,15H,2,5-8,10H2,1H3,(H,22,23). The Morgan fingerprint density at radius 3 is 2.76 bits per heavy atom. The highest BCUT2D eigenvalue weighted by Crippen LogP contribution is 2.32. The van der Waals surface area contributed by atoms with Crippen molar-refractivity contribution in [2.75, 3.05) is 26.3 Å². The Balaban J connectivity index is 2.22. The molecule has 1 aliphatic rings. The SMILES string of the molecule is CCOC(=O)CCC1OCCN(C(=O)O)CC1c1ccc(Cl)c(Cl)c1. The van der Waals surface area contributed by atoms with Gasteiger partial charge in [-0.2, -0.15) is 0 Å². The van der Waals surface area contributed by atoms with Gasteiger partial charge < -0.3 is 19.5 Å². The second-order valence-corrected chi connectivity index (χ2v) is 6.58. The van der Waals surface area contributed by atoms with Crippen LogP contribution in [0.25, 0.3) is 0 Å². The summed E-state index contributed by atoms with van der Waals surface area (Å²) in [5.41, 5.74) is 0.830. The van der Waals surface area contributed by atoms with Crippen LogP contribution < -0.4 is 0 Å². The zero-order chi connectivity index (χ0) is 18.4. The summed E-state index contributed by atoms with van der Waals surface area (Å²) in [7, 11) is 0. The number of hydrogen-bond donors (Lipinski definition) is 1. The van der Waals surface area contributed by atoms with E-state index in [0.29, 0.717) is 23.1 Å². The van der Waals surface area contributed by atoms with E-state index in [2.05, 4.69) is 0 Å². The zero-order valence-electron chi connectivity index (χ0n) is 13.9. The number of esters is 1. The molecule has 1 fully saturated rings. The maximum absolute atomic E-state index is 11.7. The topological polar surface area (TPSA) is 76.1 Å². The van der Waals surface area contributed by atoms with E-state index in [1.807, 2.05) is 6.07 Å². The first-order chi connectivity index (χ1) is 11.9. The number of carboxylic acid groups (broad SMARTS) is 1. The molecule has 2 rings (SSSR count). The molecule has 0 bridgehead atoms. The van der Waals surface area contributed by atoms with Gasteiger partial charge in [-0.05, 0) is 31.0 Å². The normalized spacial score (nSPS) is 20.8. The van der Waals surface area contributed by atoms with Crippen molar-refractivity contribution in [3.05, 3.63) is 33.8 Å². The predicted octanol–water partition coefficient (Wildman–Crippen LogP) is 3.80. The Morgan fingerprint density at radius 1 is 1.36 bits per heavy atom. The fraction of sp³-hybridized carbons (Fsp3) is 0.529. The number of amides is 1. The first-order valence-corrected chi connectivity index (χ1v) is 8.88. The molecule has 1 amide bonds. The molecule has 0 aliphatic carbocycles. The molecule has 1 N–H and O–H groups in total. The lowest BCUT2D eigenvalue weighted by atomic mass is 9.90. The zero-order valence-corrected chi connectivity index (χ0v) is 15.4. The Kier molecular flexibility index (Phi) is 7.35. The summed E-state index contributed by atoms with van der Waals surface area (Å²) in [4.78, 5) is 24.4. The summed E-state index contributed by atoms with van der Waals surface area (Å²) < 4.78 is 10.8. The third kappa shape index (κ3) is 5.49. The van der Waals surface area contributed by atoms with Crippen molar-refractivity contribution in [3.63, 3.8) is 0 Å². The number of carbonyl (C=O) groups excluding carboxylic acids is 1. The third-order valence-corrected chi connectivity index (χ3v) is 4.88.